The minimum atomic E-state index is -0.534. The van der Waals surface area contributed by atoms with E-state index in [1.807, 2.05) is 0 Å². The lowest BCUT2D eigenvalue weighted by molar-refractivity contribution is -0.119. The van der Waals surface area contributed by atoms with Gasteiger partial charge in [0.25, 0.3) is 0 Å². The molecule has 0 saturated heterocycles. The largest absolute Gasteiger partial charge is 0.389 e. The quantitative estimate of drug-likeness (QED) is 0.492. The summed E-state index contributed by atoms with van der Waals surface area (Å²) in [6, 6.07) is 0. The van der Waals surface area contributed by atoms with Gasteiger partial charge in [-0.1, -0.05) is 0 Å². The minimum Gasteiger partial charge on any atom is -0.389 e. The van der Waals surface area contributed by atoms with E-state index in [9.17, 15) is 9.90 Å². The third kappa shape index (κ3) is 6.43. The first kappa shape index (κ1) is 12.4. The first-order valence-corrected chi connectivity index (χ1v) is 5.39. The Morgan fingerprint density at radius 3 is 2.93 bits per heavy atom. The van der Waals surface area contributed by atoms with Crippen LogP contribution in [0.5, 0.6) is 0 Å². The lowest BCUT2D eigenvalue weighted by atomic mass is 10.3. The summed E-state index contributed by atoms with van der Waals surface area (Å²) in [5.74, 6) is 0.636. The van der Waals surface area contributed by atoms with E-state index in [4.69, 9.17) is 4.74 Å². The van der Waals surface area contributed by atoms with Crippen LogP contribution < -0.4 is 10.6 Å². The molecule has 15 heavy (non-hydrogen) atoms. The number of aliphatic hydroxyl groups excluding tert-OH is 1. The number of hydrogen-bond acceptors (Lipinski definition) is 4. The first-order chi connectivity index (χ1) is 7.22. The molecule has 0 aromatic heterocycles. The van der Waals surface area contributed by atoms with Crippen LogP contribution in [0.1, 0.15) is 12.8 Å². The van der Waals surface area contributed by atoms with Crippen LogP contribution in [0.15, 0.2) is 0 Å². The molecule has 0 heterocycles. The van der Waals surface area contributed by atoms with Crippen LogP contribution in [0.25, 0.3) is 0 Å². The molecule has 1 fully saturated rings. The van der Waals surface area contributed by atoms with Gasteiger partial charge in [-0.3, -0.25) is 4.79 Å². The van der Waals surface area contributed by atoms with Crippen molar-refractivity contribution in [3.63, 3.8) is 0 Å². The van der Waals surface area contributed by atoms with Crippen molar-refractivity contribution >= 4 is 5.91 Å². The van der Waals surface area contributed by atoms with Gasteiger partial charge in [0.1, 0.15) is 0 Å². The predicted molar refractivity (Wildman–Crippen MR) is 56.5 cm³/mol. The van der Waals surface area contributed by atoms with Crippen LogP contribution in [0.3, 0.4) is 0 Å². The smallest absolute Gasteiger partial charge is 0.233 e. The Morgan fingerprint density at radius 1 is 1.60 bits per heavy atom. The van der Waals surface area contributed by atoms with E-state index >= 15 is 0 Å². The van der Waals surface area contributed by atoms with Crippen LogP contribution >= 0.6 is 0 Å². The maximum Gasteiger partial charge on any atom is 0.233 e. The molecule has 0 aromatic rings. The van der Waals surface area contributed by atoms with Gasteiger partial charge in [-0.15, -0.1) is 0 Å². The zero-order valence-electron chi connectivity index (χ0n) is 9.16. The van der Waals surface area contributed by atoms with E-state index in [2.05, 4.69) is 10.6 Å². The fourth-order valence-corrected chi connectivity index (χ4v) is 1.15. The Labute approximate surface area is 90.2 Å². The second kappa shape index (κ2) is 6.76. The second-order valence-electron chi connectivity index (χ2n) is 3.94. The highest BCUT2D eigenvalue weighted by Crippen LogP contribution is 2.28. The maximum atomic E-state index is 10.8. The van der Waals surface area contributed by atoms with Crippen LogP contribution in [0, 0.1) is 5.92 Å². The SMILES string of the molecule is CNC(=O)CNCC(O)COCC1CC1. The molecule has 88 valence electrons. The maximum absolute atomic E-state index is 10.8. The van der Waals surface area contributed by atoms with Crippen molar-refractivity contribution in [3.05, 3.63) is 0 Å². The molecule has 0 bridgehead atoms. The topological polar surface area (TPSA) is 70.6 Å². The monoisotopic (exact) mass is 216 g/mol. The number of ether oxygens (including phenoxy) is 1. The third-order valence-electron chi connectivity index (χ3n) is 2.31. The summed E-state index contributed by atoms with van der Waals surface area (Å²) >= 11 is 0. The van der Waals surface area contributed by atoms with Crippen LogP contribution in [0.2, 0.25) is 0 Å². The molecular formula is C10H20N2O3. The van der Waals surface area contributed by atoms with Crippen molar-refractivity contribution in [2.75, 3.05) is 33.4 Å². The number of aliphatic hydroxyl groups is 1. The summed E-state index contributed by atoms with van der Waals surface area (Å²) in [5, 5.41) is 14.8. The first-order valence-electron chi connectivity index (χ1n) is 5.39. The van der Waals surface area contributed by atoms with E-state index in [0.29, 0.717) is 13.2 Å². The zero-order valence-corrected chi connectivity index (χ0v) is 9.16. The van der Waals surface area contributed by atoms with E-state index in [1.165, 1.54) is 12.8 Å². The number of carbonyl (C=O) groups excluding carboxylic acids is 1. The van der Waals surface area contributed by atoms with Gasteiger partial charge in [0.05, 0.1) is 19.3 Å². The van der Waals surface area contributed by atoms with Gasteiger partial charge in [-0.05, 0) is 18.8 Å². The Hall–Kier alpha value is -0.650. The van der Waals surface area contributed by atoms with Gasteiger partial charge in [0.2, 0.25) is 5.91 Å². The van der Waals surface area contributed by atoms with Crippen molar-refractivity contribution in [1.29, 1.82) is 0 Å². The van der Waals surface area contributed by atoms with Crippen LogP contribution in [0.4, 0.5) is 0 Å². The lowest BCUT2D eigenvalue weighted by Crippen LogP contribution is -2.37. The average molecular weight is 216 g/mol. The molecule has 0 radical (unpaired) electrons. The molecule has 0 spiro atoms. The normalized spacial score (nSPS) is 17.5. The fraction of sp³-hybridized carbons (Fsp3) is 0.900. The summed E-state index contributed by atoms with van der Waals surface area (Å²) in [6.45, 7) is 1.72. The molecule has 3 N–H and O–H groups in total. The Bertz CT molecular complexity index is 195. The van der Waals surface area contributed by atoms with Crippen LogP contribution in [-0.2, 0) is 9.53 Å². The molecule has 1 unspecified atom stereocenters. The third-order valence-corrected chi connectivity index (χ3v) is 2.31. The van der Waals surface area contributed by atoms with E-state index in [1.54, 1.807) is 7.05 Å². The standard InChI is InChI=1S/C10H20N2O3/c1-11-10(14)5-12-4-9(13)7-15-6-8-2-3-8/h8-9,12-13H,2-7H2,1H3,(H,11,14). The van der Waals surface area contributed by atoms with Crippen molar-refractivity contribution in [2.45, 2.75) is 18.9 Å². The molecule has 1 aliphatic carbocycles. The lowest BCUT2D eigenvalue weighted by Gasteiger charge is -2.11. The predicted octanol–water partition coefficient (Wildman–Crippen LogP) is -0.890. The number of amides is 1. The van der Waals surface area contributed by atoms with E-state index in [-0.39, 0.29) is 12.5 Å². The average Bonchev–Trinajstić information content (AvgIpc) is 3.01. The second-order valence-corrected chi connectivity index (χ2v) is 3.94. The molecule has 1 rings (SSSR count). The van der Waals surface area contributed by atoms with Gasteiger partial charge >= 0.3 is 0 Å². The number of hydrogen-bond donors (Lipinski definition) is 3. The zero-order chi connectivity index (χ0) is 11.1. The summed E-state index contributed by atoms with van der Waals surface area (Å²) in [5.41, 5.74) is 0. The summed E-state index contributed by atoms with van der Waals surface area (Å²) in [6.07, 6.45) is 1.98. The molecule has 1 atom stereocenters. The number of rotatable bonds is 8. The molecule has 5 nitrogen and oxygen atoms in total. The van der Waals surface area contributed by atoms with Crippen LogP contribution in [-0.4, -0.2) is 50.5 Å². The Kier molecular flexibility index (Phi) is 5.60. The fourth-order valence-electron chi connectivity index (χ4n) is 1.15. The molecule has 0 aliphatic heterocycles. The molecule has 5 heteroatoms. The van der Waals surface area contributed by atoms with Gasteiger partial charge in [0.15, 0.2) is 0 Å². The molecule has 1 saturated carbocycles. The molecule has 1 amide bonds. The highest BCUT2D eigenvalue weighted by atomic mass is 16.5. The summed E-state index contributed by atoms with van der Waals surface area (Å²) in [4.78, 5) is 10.8. The Balaban J connectivity index is 1.88. The summed E-state index contributed by atoms with van der Waals surface area (Å²) in [7, 11) is 1.58. The molecule has 0 aromatic carbocycles. The van der Waals surface area contributed by atoms with E-state index in [0.717, 1.165) is 12.5 Å². The van der Waals surface area contributed by atoms with Crippen molar-refractivity contribution in [1.82, 2.24) is 10.6 Å². The van der Waals surface area contributed by atoms with Gasteiger partial charge in [0, 0.05) is 20.2 Å². The minimum absolute atomic E-state index is 0.0823. The Morgan fingerprint density at radius 2 is 2.33 bits per heavy atom. The van der Waals surface area contributed by atoms with Crippen molar-refractivity contribution in [2.24, 2.45) is 5.92 Å². The van der Waals surface area contributed by atoms with Gasteiger partial charge in [-0.2, -0.15) is 0 Å². The number of nitrogens with one attached hydrogen (secondary N) is 2. The summed E-state index contributed by atoms with van der Waals surface area (Å²) < 4.78 is 5.31. The molecule has 1 aliphatic rings. The molecular weight excluding hydrogens is 196 g/mol. The van der Waals surface area contributed by atoms with Crippen molar-refractivity contribution in [3.8, 4) is 0 Å². The number of carbonyl (C=O) groups is 1. The van der Waals surface area contributed by atoms with E-state index < -0.39 is 6.10 Å². The number of likely N-dealkylation sites (N-methyl/N-ethyl adjacent to an activating group) is 1. The van der Waals surface area contributed by atoms with Crippen molar-refractivity contribution < 1.29 is 14.6 Å². The van der Waals surface area contributed by atoms with Gasteiger partial charge < -0.3 is 20.5 Å². The highest BCUT2D eigenvalue weighted by molar-refractivity contribution is 5.77. The highest BCUT2D eigenvalue weighted by Gasteiger charge is 2.21. The van der Waals surface area contributed by atoms with Gasteiger partial charge in [-0.25, -0.2) is 0 Å².